The van der Waals surface area contributed by atoms with Crippen LogP contribution in [0.2, 0.25) is 0 Å². The van der Waals surface area contributed by atoms with Crippen LogP contribution in [0, 0.1) is 0 Å². The SMILES string of the molecule is O=C(CCC(=O)c1ccccc1)OCc1nc(-c2ccc(C(F)(F)F)cc2)no1. The van der Waals surface area contributed by atoms with E-state index in [0.717, 1.165) is 12.1 Å². The van der Waals surface area contributed by atoms with Crippen LogP contribution in [0.3, 0.4) is 0 Å². The van der Waals surface area contributed by atoms with Crippen molar-refractivity contribution in [3.63, 3.8) is 0 Å². The minimum Gasteiger partial charge on any atom is -0.456 e. The number of nitrogens with zero attached hydrogens (tertiary/aromatic N) is 2. The Morgan fingerprint density at radius 2 is 1.66 bits per heavy atom. The number of alkyl halides is 3. The largest absolute Gasteiger partial charge is 0.456 e. The van der Waals surface area contributed by atoms with E-state index in [1.807, 2.05) is 0 Å². The van der Waals surface area contributed by atoms with Gasteiger partial charge in [0.15, 0.2) is 12.4 Å². The van der Waals surface area contributed by atoms with Gasteiger partial charge in [0.2, 0.25) is 5.82 Å². The van der Waals surface area contributed by atoms with Crippen LogP contribution in [-0.2, 0) is 22.3 Å². The standard InChI is InChI=1S/C20H15F3N2O4/c21-20(22,23)15-8-6-14(7-9-15)19-24-17(29-25-19)12-28-18(27)11-10-16(26)13-4-2-1-3-5-13/h1-9H,10-12H2. The monoisotopic (exact) mass is 404 g/mol. The molecule has 0 bridgehead atoms. The summed E-state index contributed by atoms with van der Waals surface area (Å²) in [5.41, 5.74) is 0.0510. The predicted molar refractivity (Wildman–Crippen MR) is 94.5 cm³/mol. The highest BCUT2D eigenvalue weighted by molar-refractivity contribution is 5.97. The van der Waals surface area contributed by atoms with Crippen molar-refractivity contribution in [2.45, 2.75) is 25.6 Å². The Morgan fingerprint density at radius 3 is 2.31 bits per heavy atom. The Kier molecular flexibility index (Phi) is 6.06. The molecule has 0 unspecified atom stereocenters. The fraction of sp³-hybridized carbons (Fsp3) is 0.200. The summed E-state index contributed by atoms with van der Waals surface area (Å²) in [5.74, 6) is -0.722. The first-order valence-electron chi connectivity index (χ1n) is 8.57. The molecule has 0 atom stereocenters. The number of Topliss-reactive ketones (excluding diaryl/α,β-unsaturated/α-hetero) is 1. The van der Waals surface area contributed by atoms with E-state index in [1.54, 1.807) is 30.3 Å². The van der Waals surface area contributed by atoms with Crippen molar-refractivity contribution >= 4 is 11.8 Å². The molecule has 9 heteroatoms. The quantitative estimate of drug-likeness (QED) is 0.427. The van der Waals surface area contributed by atoms with E-state index in [0.29, 0.717) is 11.1 Å². The van der Waals surface area contributed by atoms with Crippen molar-refractivity contribution in [1.82, 2.24) is 10.1 Å². The van der Waals surface area contributed by atoms with Crippen LogP contribution >= 0.6 is 0 Å². The molecule has 1 aromatic heterocycles. The number of aromatic nitrogens is 2. The maximum atomic E-state index is 12.6. The number of halogens is 3. The van der Waals surface area contributed by atoms with E-state index in [1.165, 1.54) is 12.1 Å². The van der Waals surface area contributed by atoms with Crippen molar-refractivity contribution < 1.29 is 32.0 Å². The third-order valence-electron chi connectivity index (χ3n) is 3.95. The van der Waals surface area contributed by atoms with E-state index in [-0.39, 0.29) is 36.9 Å². The molecule has 0 N–H and O–H groups in total. The molecular formula is C20H15F3N2O4. The maximum Gasteiger partial charge on any atom is 0.416 e. The van der Waals surface area contributed by atoms with Gasteiger partial charge in [0.1, 0.15) is 0 Å². The van der Waals surface area contributed by atoms with E-state index in [4.69, 9.17) is 9.26 Å². The highest BCUT2D eigenvalue weighted by Gasteiger charge is 2.30. The van der Waals surface area contributed by atoms with Crippen LogP contribution in [0.25, 0.3) is 11.4 Å². The first-order valence-corrected chi connectivity index (χ1v) is 8.57. The molecule has 0 amide bonds. The molecule has 0 aliphatic rings. The lowest BCUT2D eigenvalue weighted by atomic mass is 10.1. The number of ether oxygens (including phenoxy) is 1. The average molecular weight is 404 g/mol. The number of carbonyl (C=O) groups excluding carboxylic acids is 2. The van der Waals surface area contributed by atoms with Gasteiger partial charge in [-0.15, -0.1) is 0 Å². The number of ketones is 1. The molecule has 2 aromatic carbocycles. The second kappa shape index (κ2) is 8.68. The lowest BCUT2D eigenvalue weighted by Gasteiger charge is -2.05. The Bertz CT molecular complexity index is 983. The van der Waals surface area contributed by atoms with Crippen LogP contribution in [0.5, 0.6) is 0 Å². The second-order valence-electron chi connectivity index (χ2n) is 6.04. The van der Waals surface area contributed by atoms with Gasteiger partial charge in [-0.05, 0) is 12.1 Å². The fourth-order valence-corrected chi connectivity index (χ4v) is 2.44. The second-order valence-corrected chi connectivity index (χ2v) is 6.04. The van der Waals surface area contributed by atoms with Crippen molar-refractivity contribution in [1.29, 1.82) is 0 Å². The molecule has 29 heavy (non-hydrogen) atoms. The number of esters is 1. The number of benzene rings is 2. The zero-order valence-electron chi connectivity index (χ0n) is 15.0. The van der Waals surface area contributed by atoms with Gasteiger partial charge in [-0.25, -0.2) is 0 Å². The molecule has 1 heterocycles. The molecule has 0 saturated heterocycles. The number of hydrogen-bond acceptors (Lipinski definition) is 6. The first-order chi connectivity index (χ1) is 13.8. The highest BCUT2D eigenvalue weighted by atomic mass is 19.4. The van der Waals surface area contributed by atoms with Gasteiger partial charge in [-0.2, -0.15) is 18.2 Å². The van der Waals surface area contributed by atoms with Crippen LogP contribution in [0.1, 0.15) is 34.7 Å². The van der Waals surface area contributed by atoms with Crippen LogP contribution < -0.4 is 0 Å². The van der Waals surface area contributed by atoms with Crippen molar-refractivity contribution in [2.24, 2.45) is 0 Å². The van der Waals surface area contributed by atoms with E-state index >= 15 is 0 Å². The maximum absolute atomic E-state index is 12.6. The molecule has 0 fully saturated rings. The van der Waals surface area contributed by atoms with Gasteiger partial charge in [-0.3, -0.25) is 9.59 Å². The summed E-state index contributed by atoms with van der Waals surface area (Å²) in [4.78, 5) is 27.7. The average Bonchev–Trinajstić information content (AvgIpc) is 3.19. The Balaban J connectivity index is 1.50. The minimum absolute atomic E-state index is 0.00346. The third kappa shape index (κ3) is 5.50. The van der Waals surface area contributed by atoms with Crippen molar-refractivity contribution in [2.75, 3.05) is 0 Å². The third-order valence-corrected chi connectivity index (χ3v) is 3.95. The van der Waals surface area contributed by atoms with Crippen LogP contribution in [0.4, 0.5) is 13.2 Å². The highest BCUT2D eigenvalue weighted by Crippen LogP contribution is 2.30. The van der Waals surface area contributed by atoms with Gasteiger partial charge >= 0.3 is 12.1 Å². The number of hydrogen-bond donors (Lipinski definition) is 0. The van der Waals surface area contributed by atoms with E-state index in [2.05, 4.69) is 10.1 Å². The predicted octanol–water partition coefficient (Wildman–Crippen LogP) is 4.46. The normalized spacial score (nSPS) is 11.3. The minimum atomic E-state index is -4.43. The number of carbonyl (C=O) groups is 2. The van der Waals surface area contributed by atoms with Gasteiger partial charge < -0.3 is 9.26 Å². The van der Waals surface area contributed by atoms with Gasteiger partial charge in [-0.1, -0.05) is 47.6 Å². The molecule has 150 valence electrons. The van der Waals surface area contributed by atoms with Gasteiger partial charge in [0.25, 0.3) is 5.89 Å². The summed E-state index contributed by atoms with van der Waals surface area (Å²) in [6.07, 6.45) is -4.53. The molecular weight excluding hydrogens is 389 g/mol. The van der Waals surface area contributed by atoms with E-state index in [9.17, 15) is 22.8 Å². The Morgan fingerprint density at radius 1 is 0.966 bits per heavy atom. The van der Waals surface area contributed by atoms with Crippen LogP contribution in [-0.4, -0.2) is 21.9 Å². The molecule has 0 aliphatic carbocycles. The van der Waals surface area contributed by atoms with Crippen LogP contribution in [0.15, 0.2) is 59.1 Å². The lowest BCUT2D eigenvalue weighted by Crippen LogP contribution is -2.08. The summed E-state index contributed by atoms with van der Waals surface area (Å²) in [7, 11) is 0. The molecule has 6 nitrogen and oxygen atoms in total. The summed E-state index contributed by atoms with van der Waals surface area (Å²) in [5, 5.41) is 3.66. The van der Waals surface area contributed by atoms with E-state index < -0.39 is 17.7 Å². The molecule has 3 aromatic rings. The fourth-order valence-electron chi connectivity index (χ4n) is 2.44. The number of rotatable bonds is 7. The first kappa shape index (κ1) is 20.2. The Hall–Kier alpha value is -3.49. The summed E-state index contributed by atoms with van der Waals surface area (Å²) in [6.45, 7) is -0.300. The molecule has 3 rings (SSSR count). The molecule has 0 aliphatic heterocycles. The zero-order chi connectivity index (χ0) is 20.9. The van der Waals surface area contributed by atoms with Crippen molar-refractivity contribution in [3.8, 4) is 11.4 Å². The summed E-state index contributed by atoms with van der Waals surface area (Å²) in [6, 6.07) is 12.8. The van der Waals surface area contributed by atoms with Gasteiger partial charge in [0, 0.05) is 17.5 Å². The summed E-state index contributed by atoms with van der Waals surface area (Å²) < 4.78 is 47.7. The van der Waals surface area contributed by atoms with Crippen molar-refractivity contribution in [3.05, 3.63) is 71.6 Å². The smallest absolute Gasteiger partial charge is 0.416 e. The van der Waals surface area contributed by atoms with Gasteiger partial charge in [0.05, 0.1) is 12.0 Å². The Labute approximate surface area is 163 Å². The molecule has 0 radical (unpaired) electrons. The topological polar surface area (TPSA) is 82.3 Å². The lowest BCUT2D eigenvalue weighted by molar-refractivity contribution is -0.145. The molecule has 0 spiro atoms. The molecule has 0 saturated carbocycles. The summed E-state index contributed by atoms with van der Waals surface area (Å²) >= 11 is 0. The zero-order valence-corrected chi connectivity index (χ0v) is 15.0.